The second kappa shape index (κ2) is 8.33. The highest BCUT2D eigenvalue weighted by Crippen LogP contribution is 2.62. The molecule has 0 radical (unpaired) electrons. The molecule has 7 nitrogen and oxygen atoms in total. The number of fused-ring (bicyclic) bond motifs is 1. The molecular formula is C27H35NO6. The second-order valence-electron chi connectivity index (χ2n) is 11.0. The first-order valence-electron chi connectivity index (χ1n) is 12.8. The monoisotopic (exact) mass is 469 g/mol. The van der Waals surface area contributed by atoms with Crippen molar-refractivity contribution in [3.05, 3.63) is 35.9 Å². The van der Waals surface area contributed by atoms with E-state index in [9.17, 15) is 4.79 Å². The summed E-state index contributed by atoms with van der Waals surface area (Å²) in [4.78, 5) is 26.0. The van der Waals surface area contributed by atoms with Crippen molar-refractivity contribution in [1.82, 2.24) is 4.90 Å². The number of nitrogens with zero attached hydrogens (tertiary/aromatic N) is 1. The number of rotatable bonds is 4. The van der Waals surface area contributed by atoms with E-state index in [0.717, 1.165) is 56.5 Å². The van der Waals surface area contributed by atoms with Gasteiger partial charge in [-0.25, -0.2) is 9.78 Å². The van der Waals surface area contributed by atoms with Gasteiger partial charge in [0, 0.05) is 43.3 Å². The highest BCUT2D eigenvalue weighted by atomic mass is 17.3. The molecule has 7 heteroatoms. The Kier molecular flexibility index (Phi) is 5.52. The summed E-state index contributed by atoms with van der Waals surface area (Å²) >= 11 is 0. The van der Waals surface area contributed by atoms with Gasteiger partial charge in [-0.2, -0.15) is 0 Å². The molecule has 184 valence electrons. The van der Waals surface area contributed by atoms with E-state index in [4.69, 9.17) is 24.0 Å². The van der Waals surface area contributed by atoms with Gasteiger partial charge in [0.25, 0.3) is 0 Å². The van der Waals surface area contributed by atoms with Gasteiger partial charge < -0.3 is 19.1 Å². The molecule has 0 aromatic heterocycles. The first-order valence-corrected chi connectivity index (χ1v) is 12.8. The molecular weight excluding hydrogens is 434 g/mol. The minimum atomic E-state index is -0.779. The van der Waals surface area contributed by atoms with Crippen molar-refractivity contribution in [3.8, 4) is 5.75 Å². The van der Waals surface area contributed by atoms with Crippen LogP contribution in [0.15, 0.2) is 30.3 Å². The predicted octanol–water partition coefficient (Wildman–Crippen LogP) is 4.52. The summed E-state index contributed by atoms with van der Waals surface area (Å²) in [7, 11) is 0. The number of hydrogen-bond acceptors (Lipinski definition) is 6. The van der Waals surface area contributed by atoms with Crippen LogP contribution in [0, 0.1) is 23.7 Å². The maximum Gasteiger partial charge on any atom is 0.246 e. The Hall–Kier alpha value is -1.93. The maximum absolute atomic E-state index is 12.3. The van der Waals surface area contributed by atoms with Crippen molar-refractivity contribution in [2.75, 3.05) is 13.1 Å². The van der Waals surface area contributed by atoms with E-state index in [-0.39, 0.29) is 17.7 Å². The average molecular weight is 470 g/mol. The lowest BCUT2D eigenvalue weighted by atomic mass is 9.56. The van der Waals surface area contributed by atoms with Crippen molar-refractivity contribution in [3.63, 3.8) is 0 Å². The quantitative estimate of drug-likeness (QED) is 0.477. The molecule has 34 heavy (non-hydrogen) atoms. The van der Waals surface area contributed by atoms with Crippen molar-refractivity contribution in [2.24, 2.45) is 23.7 Å². The zero-order chi connectivity index (χ0) is 23.5. The molecule has 1 aromatic carbocycles. The van der Waals surface area contributed by atoms with Gasteiger partial charge in [0.05, 0.1) is 0 Å². The normalized spacial score (nSPS) is 43.2. The van der Waals surface area contributed by atoms with E-state index in [1.165, 1.54) is 0 Å². The number of benzene rings is 1. The van der Waals surface area contributed by atoms with Gasteiger partial charge in [0.15, 0.2) is 11.9 Å². The van der Waals surface area contributed by atoms with Crippen LogP contribution in [0.5, 0.6) is 5.75 Å². The third-order valence-corrected chi connectivity index (χ3v) is 8.75. The van der Waals surface area contributed by atoms with Crippen LogP contribution >= 0.6 is 0 Å². The fraction of sp³-hybridized carbons (Fsp3) is 0.667. The molecule has 7 rings (SSSR count). The zero-order valence-corrected chi connectivity index (χ0v) is 20.3. The van der Waals surface area contributed by atoms with Crippen molar-refractivity contribution in [2.45, 2.75) is 76.8 Å². The summed E-state index contributed by atoms with van der Waals surface area (Å²) in [5, 5.41) is 0. The Morgan fingerprint density at radius 3 is 2.62 bits per heavy atom. The molecule has 6 fully saturated rings. The van der Waals surface area contributed by atoms with Crippen molar-refractivity contribution < 1.29 is 28.8 Å². The molecule has 0 N–H and O–H groups in total. The molecule has 1 aromatic rings. The van der Waals surface area contributed by atoms with E-state index >= 15 is 0 Å². The van der Waals surface area contributed by atoms with Crippen LogP contribution in [0.2, 0.25) is 0 Å². The summed E-state index contributed by atoms with van der Waals surface area (Å²) in [6, 6.07) is 7.79. The minimum absolute atomic E-state index is 0.0814. The molecule has 6 aliphatic rings. The highest BCUT2D eigenvalue weighted by Gasteiger charge is 2.72. The Morgan fingerprint density at radius 1 is 1.09 bits per heavy atom. The van der Waals surface area contributed by atoms with Crippen LogP contribution in [0.1, 0.15) is 58.4 Å². The number of amides is 1. The second-order valence-corrected chi connectivity index (χ2v) is 11.0. The molecule has 2 bridgehead atoms. The molecule has 2 unspecified atom stereocenters. The molecule has 1 spiro atoms. The number of hydrogen-bond donors (Lipinski definition) is 0. The summed E-state index contributed by atoms with van der Waals surface area (Å²) in [6.45, 7) is 8.14. The van der Waals surface area contributed by atoms with Gasteiger partial charge in [-0.15, -0.1) is 0 Å². The van der Waals surface area contributed by atoms with Crippen LogP contribution < -0.4 is 4.74 Å². The van der Waals surface area contributed by atoms with Gasteiger partial charge >= 0.3 is 0 Å². The third kappa shape index (κ3) is 3.60. The molecule has 5 saturated heterocycles. The van der Waals surface area contributed by atoms with Crippen molar-refractivity contribution in [1.29, 1.82) is 0 Å². The van der Waals surface area contributed by atoms with E-state index in [1.807, 2.05) is 42.2 Å². The topological polar surface area (TPSA) is 66.5 Å². The summed E-state index contributed by atoms with van der Waals surface area (Å²) in [5.74, 6) is 1.29. The first kappa shape index (κ1) is 22.5. The fourth-order valence-electron chi connectivity index (χ4n) is 6.82. The number of carbonyl (C=O) groups is 1. The van der Waals surface area contributed by atoms with Crippen molar-refractivity contribution >= 4 is 12.0 Å². The lowest BCUT2D eigenvalue weighted by Gasteiger charge is -2.66. The Bertz CT molecular complexity index is 958. The molecule has 8 atom stereocenters. The van der Waals surface area contributed by atoms with Crippen LogP contribution in [0.25, 0.3) is 6.08 Å². The minimum Gasteiger partial charge on any atom is -0.465 e. The smallest absolute Gasteiger partial charge is 0.246 e. The molecule has 5 aliphatic heterocycles. The number of likely N-dealkylation sites (tertiary alicyclic amines) is 1. The van der Waals surface area contributed by atoms with Gasteiger partial charge in [0.1, 0.15) is 5.75 Å². The summed E-state index contributed by atoms with van der Waals surface area (Å²) in [5.41, 5.74) is 0.401. The summed E-state index contributed by atoms with van der Waals surface area (Å²) in [6.07, 6.45) is 7.81. The number of ether oxygens (including phenoxy) is 3. The third-order valence-electron chi connectivity index (χ3n) is 8.75. The lowest BCUT2D eigenvalue weighted by molar-refractivity contribution is -0.614. The largest absolute Gasteiger partial charge is 0.465 e. The van der Waals surface area contributed by atoms with Gasteiger partial charge in [-0.3, -0.25) is 4.79 Å². The SMILES string of the molecule is C[C@@H]1CCC2[C@@H](C)[C@@H](Oc3ccc(/C=C/C(=O)N4CCCC4)cc3)O[C@@H]3O[C@]4(C)CC1[C@@]23OO4. The first-order chi connectivity index (χ1) is 16.4. The summed E-state index contributed by atoms with van der Waals surface area (Å²) < 4.78 is 19.1. The van der Waals surface area contributed by atoms with Crippen LogP contribution in [0.3, 0.4) is 0 Å². The Balaban J connectivity index is 1.16. The van der Waals surface area contributed by atoms with E-state index < -0.39 is 24.0 Å². The fourth-order valence-corrected chi connectivity index (χ4v) is 6.82. The van der Waals surface area contributed by atoms with E-state index in [1.54, 1.807) is 6.08 Å². The predicted molar refractivity (Wildman–Crippen MR) is 124 cm³/mol. The van der Waals surface area contributed by atoms with Crippen LogP contribution in [-0.4, -0.2) is 47.9 Å². The van der Waals surface area contributed by atoms with Gasteiger partial charge in [0.2, 0.25) is 18.0 Å². The van der Waals surface area contributed by atoms with E-state index in [0.29, 0.717) is 11.8 Å². The standard InChI is InChI=1S/C27H35NO6/c1-17-6-12-21-18(2)24(31-25-27(21)22(17)16-26(3,32-25)33-34-27)30-20-10-7-19(8-11-20)9-13-23(29)28-14-4-5-15-28/h7-11,13,17-18,21-22,24-25H,4-6,12,14-16H2,1-3H3/b13-9+/t17-,18-,21?,22?,24+,25-,26+,27+/m1/s1. The number of carbonyl (C=O) groups excluding carboxylic acids is 1. The molecule has 1 saturated carbocycles. The van der Waals surface area contributed by atoms with Gasteiger partial charge in [-0.1, -0.05) is 26.0 Å². The van der Waals surface area contributed by atoms with Gasteiger partial charge in [-0.05, 0) is 62.3 Å². The maximum atomic E-state index is 12.3. The average Bonchev–Trinajstić information content (AvgIpc) is 3.37. The molecule has 1 amide bonds. The highest BCUT2D eigenvalue weighted by molar-refractivity contribution is 5.91. The Labute approximate surface area is 201 Å². The van der Waals surface area contributed by atoms with Crippen LogP contribution in [0.4, 0.5) is 0 Å². The van der Waals surface area contributed by atoms with Crippen LogP contribution in [-0.2, 0) is 24.0 Å². The lowest BCUT2D eigenvalue weighted by Crippen LogP contribution is -2.76. The van der Waals surface area contributed by atoms with E-state index in [2.05, 4.69) is 13.8 Å². The Morgan fingerprint density at radius 2 is 1.85 bits per heavy atom. The molecule has 1 aliphatic carbocycles. The molecule has 5 heterocycles. The zero-order valence-electron chi connectivity index (χ0n) is 20.3.